The van der Waals surface area contributed by atoms with Crippen molar-refractivity contribution in [2.24, 2.45) is 7.05 Å². The molecular weight excluding hydrogens is 326 g/mol. The van der Waals surface area contributed by atoms with Gasteiger partial charge in [0.05, 0.1) is 11.1 Å². The van der Waals surface area contributed by atoms with Crippen molar-refractivity contribution in [2.45, 2.75) is 19.8 Å². The Kier molecular flexibility index (Phi) is 4.24. The van der Waals surface area contributed by atoms with Crippen molar-refractivity contribution < 1.29 is 0 Å². The lowest BCUT2D eigenvalue weighted by Gasteiger charge is -2.27. The number of aryl methyl sites for hydroxylation is 1. The molecule has 0 amide bonds. The highest BCUT2D eigenvalue weighted by Gasteiger charge is 2.21. The topological polar surface area (TPSA) is 84.9 Å². The van der Waals surface area contributed by atoms with Gasteiger partial charge in [0.2, 0.25) is 5.95 Å². The van der Waals surface area contributed by atoms with E-state index in [1.165, 1.54) is 5.56 Å². The average molecular weight is 351 g/mol. The highest BCUT2D eigenvalue weighted by Crippen LogP contribution is 2.32. The molecule has 3 aromatic rings. The number of nitrogens with zero attached hydrogens (tertiary/aromatic N) is 5. The van der Waals surface area contributed by atoms with Gasteiger partial charge in [-0.25, -0.2) is 4.98 Å². The smallest absolute Gasteiger partial charge is 0.228 e. The molecule has 0 spiro atoms. The lowest BCUT2D eigenvalue weighted by molar-refractivity contribution is 0.580. The van der Waals surface area contributed by atoms with Crippen molar-refractivity contribution in [1.29, 1.82) is 0 Å². The minimum Gasteiger partial charge on any atom is -0.383 e. The largest absolute Gasteiger partial charge is 0.383 e. The van der Waals surface area contributed by atoms with E-state index >= 15 is 0 Å². The van der Waals surface area contributed by atoms with Crippen LogP contribution in [0.1, 0.15) is 25.3 Å². The van der Waals surface area contributed by atoms with Gasteiger partial charge in [0.1, 0.15) is 5.82 Å². The monoisotopic (exact) mass is 351 g/mol. The number of fused-ring (bicyclic) bond motifs is 1. The first-order valence-electron chi connectivity index (χ1n) is 9.11. The molecule has 7 nitrogen and oxygen atoms in total. The number of benzene rings is 1. The van der Waals surface area contributed by atoms with Gasteiger partial charge in [-0.3, -0.25) is 4.68 Å². The number of hydrogen-bond acceptors (Lipinski definition) is 6. The summed E-state index contributed by atoms with van der Waals surface area (Å²) in [4.78, 5) is 11.8. The van der Waals surface area contributed by atoms with Crippen LogP contribution in [0.4, 0.5) is 11.8 Å². The van der Waals surface area contributed by atoms with Crippen molar-refractivity contribution in [3.05, 3.63) is 29.8 Å². The third kappa shape index (κ3) is 2.88. The van der Waals surface area contributed by atoms with Crippen LogP contribution in [0.3, 0.4) is 0 Å². The quantitative estimate of drug-likeness (QED) is 0.752. The molecular formula is C19H25N7. The minimum absolute atomic E-state index is 0.495. The fraction of sp³-hybridized carbons (Fsp3) is 0.421. The highest BCUT2D eigenvalue weighted by atomic mass is 15.3. The number of aromatic nitrogens is 4. The Morgan fingerprint density at radius 1 is 1.08 bits per heavy atom. The summed E-state index contributed by atoms with van der Waals surface area (Å²) in [6.45, 7) is 8.03. The molecule has 0 bridgehead atoms. The van der Waals surface area contributed by atoms with Crippen LogP contribution in [-0.4, -0.2) is 45.9 Å². The molecule has 1 aliphatic rings. The molecule has 0 unspecified atom stereocenters. The number of nitrogens with two attached hydrogens (primary N) is 1. The molecule has 1 aliphatic heterocycles. The molecule has 136 valence electrons. The molecule has 0 atom stereocenters. The molecule has 1 saturated heterocycles. The number of nitrogens with one attached hydrogen (secondary N) is 1. The molecule has 1 aromatic carbocycles. The van der Waals surface area contributed by atoms with Gasteiger partial charge in [-0.05, 0) is 11.5 Å². The summed E-state index contributed by atoms with van der Waals surface area (Å²) in [7, 11) is 1.84. The second-order valence-corrected chi connectivity index (χ2v) is 7.09. The van der Waals surface area contributed by atoms with E-state index in [0.29, 0.717) is 17.4 Å². The van der Waals surface area contributed by atoms with Crippen molar-refractivity contribution in [3.8, 4) is 11.3 Å². The zero-order valence-electron chi connectivity index (χ0n) is 15.5. The summed E-state index contributed by atoms with van der Waals surface area (Å²) < 4.78 is 1.67. The zero-order valence-corrected chi connectivity index (χ0v) is 15.5. The average Bonchev–Trinajstić information content (AvgIpc) is 2.96. The molecule has 0 aliphatic carbocycles. The lowest BCUT2D eigenvalue weighted by atomic mass is 10.00. The first-order chi connectivity index (χ1) is 12.5. The van der Waals surface area contributed by atoms with Crippen LogP contribution >= 0.6 is 0 Å². The second kappa shape index (κ2) is 6.57. The van der Waals surface area contributed by atoms with Gasteiger partial charge >= 0.3 is 0 Å². The maximum atomic E-state index is 6.28. The second-order valence-electron chi connectivity index (χ2n) is 7.09. The fourth-order valence-corrected chi connectivity index (χ4v) is 3.34. The number of nitrogen functional groups attached to an aromatic ring is 1. The van der Waals surface area contributed by atoms with Gasteiger partial charge in [-0.15, -0.1) is 0 Å². The molecule has 4 rings (SSSR count). The SMILES string of the molecule is CC(C)c1ccc(-c2nc(N3CCNCC3)nc3nn(C)c(N)c23)cc1. The first kappa shape index (κ1) is 16.8. The molecule has 0 saturated carbocycles. The van der Waals surface area contributed by atoms with Crippen LogP contribution in [0.25, 0.3) is 22.3 Å². The summed E-state index contributed by atoms with van der Waals surface area (Å²) >= 11 is 0. The van der Waals surface area contributed by atoms with E-state index < -0.39 is 0 Å². The van der Waals surface area contributed by atoms with E-state index in [0.717, 1.165) is 48.8 Å². The predicted molar refractivity (Wildman–Crippen MR) is 105 cm³/mol. The Bertz CT molecular complexity index is 921. The molecule has 2 aromatic heterocycles. The van der Waals surface area contributed by atoms with Gasteiger partial charge in [0.15, 0.2) is 5.65 Å². The molecule has 3 N–H and O–H groups in total. The van der Waals surface area contributed by atoms with Gasteiger partial charge in [0, 0.05) is 38.8 Å². The number of rotatable bonds is 3. The molecule has 3 heterocycles. The maximum absolute atomic E-state index is 6.28. The molecule has 7 heteroatoms. The van der Waals surface area contributed by atoms with Crippen molar-refractivity contribution in [1.82, 2.24) is 25.1 Å². The van der Waals surface area contributed by atoms with Crippen LogP contribution in [0.15, 0.2) is 24.3 Å². The summed E-state index contributed by atoms with van der Waals surface area (Å²) in [5.74, 6) is 1.81. The van der Waals surface area contributed by atoms with E-state index in [1.807, 2.05) is 7.05 Å². The van der Waals surface area contributed by atoms with Gasteiger partial charge in [0.25, 0.3) is 0 Å². The minimum atomic E-state index is 0.495. The van der Waals surface area contributed by atoms with Gasteiger partial charge < -0.3 is 16.0 Å². The lowest BCUT2D eigenvalue weighted by Crippen LogP contribution is -2.44. The standard InChI is InChI=1S/C19H25N7/c1-12(2)13-4-6-14(7-5-13)16-15-17(20)25(3)24-18(15)23-19(22-16)26-10-8-21-9-11-26/h4-7,12,21H,8-11,20H2,1-3H3. The van der Waals surface area contributed by atoms with Crippen molar-refractivity contribution in [2.75, 3.05) is 36.8 Å². The van der Waals surface area contributed by atoms with E-state index in [4.69, 9.17) is 10.7 Å². The number of hydrogen-bond donors (Lipinski definition) is 2. The number of piperazine rings is 1. The number of anilines is 2. The highest BCUT2D eigenvalue weighted by molar-refractivity contribution is 5.98. The summed E-state index contributed by atoms with van der Waals surface area (Å²) in [5, 5.41) is 8.68. The third-order valence-corrected chi connectivity index (χ3v) is 4.98. The van der Waals surface area contributed by atoms with Crippen LogP contribution in [0.2, 0.25) is 0 Å². The van der Waals surface area contributed by atoms with Crippen LogP contribution in [0, 0.1) is 0 Å². The Balaban J connectivity index is 1.87. The predicted octanol–water partition coefficient (Wildman–Crippen LogP) is 2.15. The summed E-state index contributed by atoms with van der Waals surface area (Å²) in [6.07, 6.45) is 0. The zero-order chi connectivity index (χ0) is 18.3. The van der Waals surface area contributed by atoms with Crippen LogP contribution in [0.5, 0.6) is 0 Å². The fourth-order valence-electron chi connectivity index (χ4n) is 3.34. The van der Waals surface area contributed by atoms with Crippen molar-refractivity contribution in [3.63, 3.8) is 0 Å². The summed E-state index contributed by atoms with van der Waals surface area (Å²) in [5.41, 5.74) is 10.1. The van der Waals surface area contributed by atoms with Crippen LogP contribution in [-0.2, 0) is 7.05 Å². The maximum Gasteiger partial charge on any atom is 0.228 e. The molecule has 1 fully saturated rings. The van der Waals surface area contributed by atoms with E-state index in [2.05, 4.69) is 58.4 Å². The Hall–Kier alpha value is -2.67. The van der Waals surface area contributed by atoms with Crippen LogP contribution < -0.4 is 16.0 Å². The Morgan fingerprint density at radius 2 is 1.77 bits per heavy atom. The Morgan fingerprint density at radius 3 is 2.42 bits per heavy atom. The van der Waals surface area contributed by atoms with Gasteiger partial charge in [-0.1, -0.05) is 38.1 Å². The molecule has 0 radical (unpaired) electrons. The Labute approximate surface area is 153 Å². The third-order valence-electron chi connectivity index (χ3n) is 4.98. The van der Waals surface area contributed by atoms with E-state index in [1.54, 1.807) is 4.68 Å². The summed E-state index contributed by atoms with van der Waals surface area (Å²) in [6, 6.07) is 8.55. The van der Waals surface area contributed by atoms with Crippen molar-refractivity contribution >= 4 is 22.8 Å². The van der Waals surface area contributed by atoms with E-state index in [-0.39, 0.29) is 0 Å². The van der Waals surface area contributed by atoms with E-state index in [9.17, 15) is 0 Å². The van der Waals surface area contributed by atoms with Gasteiger partial charge in [-0.2, -0.15) is 10.1 Å². The first-order valence-corrected chi connectivity index (χ1v) is 9.11. The normalized spacial score (nSPS) is 15.2. The molecule has 26 heavy (non-hydrogen) atoms.